The fourth-order valence-electron chi connectivity index (χ4n) is 4.84. The first kappa shape index (κ1) is 25.4. The van der Waals surface area contributed by atoms with Crippen LogP contribution in [0.25, 0.3) is 16.7 Å². The molecular weight excluding hydrogens is 480 g/mol. The van der Waals surface area contributed by atoms with Crippen molar-refractivity contribution in [3.8, 4) is 5.69 Å². The van der Waals surface area contributed by atoms with Crippen molar-refractivity contribution in [3.05, 3.63) is 81.4 Å². The third-order valence-corrected chi connectivity index (χ3v) is 7.33. The maximum absolute atomic E-state index is 13.5. The number of amides is 1. The van der Waals surface area contributed by atoms with Crippen molar-refractivity contribution < 1.29 is 9.72 Å². The van der Waals surface area contributed by atoms with Crippen LogP contribution in [0.5, 0.6) is 0 Å². The molecule has 1 aromatic heterocycles. The highest BCUT2D eigenvalue weighted by molar-refractivity contribution is 6.09. The molecule has 0 spiro atoms. The molecule has 1 aliphatic heterocycles. The summed E-state index contributed by atoms with van der Waals surface area (Å²) in [5, 5.41) is 23.7. The molecule has 0 bridgehead atoms. The van der Waals surface area contributed by atoms with Crippen molar-refractivity contribution in [2.45, 2.75) is 46.5 Å². The van der Waals surface area contributed by atoms with Gasteiger partial charge in [0.05, 0.1) is 21.9 Å². The van der Waals surface area contributed by atoms with Crippen molar-refractivity contribution in [1.82, 2.24) is 15.0 Å². The Morgan fingerprint density at radius 3 is 2.32 bits per heavy atom. The van der Waals surface area contributed by atoms with Crippen LogP contribution in [0.3, 0.4) is 0 Å². The first-order chi connectivity index (χ1) is 18.2. The topological polar surface area (TPSA) is 106 Å². The second-order valence-electron chi connectivity index (χ2n) is 10.5. The number of nitro benzene ring substituents is 1. The van der Waals surface area contributed by atoms with E-state index in [1.54, 1.807) is 16.9 Å². The summed E-state index contributed by atoms with van der Waals surface area (Å²) in [6.45, 7) is 10.0. The molecule has 1 fully saturated rings. The van der Waals surface area contributed by atoms with Crippen LogP contribution in [0, 0.1) is 23.0 Å². The van der Waals surface area contributed by atoms with E-state index in [9.17, 15) is 14.9 Å². The van der Waals surface area contributed by atoms with E-state index in [1.807, 2.05) is 25.1 Å². The summed E-state index contributed by atoms with van der Waals surface area (Å²) in [6, 6.07) is 16.3. The lowest BCUT2D eigenvalue weighted by Crippen LogP contribution is -2.34. The Labute approximate surface area is 221 Å². The Morgan fingerprint density at radius 2 is 1.68 bits per heavy atom. The molecule has 4 aromatic rings. The van der Waals surface area contributed by atoms with Gasteiger partial charge in [-0.1, -0.05) is 32.9 Å². The molecule has 0 unspecified atom stereocenters. The minimum Gasteiger partial charge on any atom is -0.371 e. The normalized spacial score (nSPS) is 14.3. The monoisotopic (exact) mass is 512 g/mol. The number of fused-ring (bicyclic) bond motifs is 1. The zero-order valence-electron chi connectivity index (χ0n) is 22.1. The lowest BCUT2D eigenvalue weighted by Gasteiger charge is -2.33. The van der Waals surface area contributed by atoms with E-state index in [-0.39, 0.29) is 11.6 Å². The van der Waals surface area contributed by atoms with Crippen LogP contribution < -0.4 is 10.2 Å². The van der Waals surface area contributed by atoms with Gasteiger partial charge in [0.2, 0.25) is 0 Å². The molecule has 196 valence electrons. The molecular formula is C29H32N6O3. The van der Waals surface area contributed by atoms with E-state index < -0.39 is 4.92 Å². The summed E-state index contributed by atoms with van der Waals surface area (Å²) in [4.78, 5) is 28.3. The zero-order chi connectivity index (χ0) is 27.0. The number of nitrogens with one attached hydrogen (secondary N) is 1. The van der Waals surface area contributed by atoms with Gasteiger partial charge in [-0.15, -0.1) is 10.2 Å². The van der Waals surface area contributed by atoms with Gasteiger partial charge < -0.3 is 10.2 Å². The summed E-state index contributed by atoms with van der Waals surface area (Å²) in [7, 11) is 0. The smallest absolute Gasteiger partial charge is 0.270 e. The standard InChI is InChI=1S/C29H32N6O3/c1-18(2)21-5-7-22(8-6-21)34-31-26-15-20(4)25(17-27(26)32-34)30-29(36)24-16-23(35(37)38)9-10-28(24)33-13-11-19(3)12-14-33/h5-10,15-19H,11-14H2,1-4H3,(H,30,36). The Bertz CT molecular complexity index is 1500. The number of hydrogen-bond acceptors (Lipinski definition) is 6. The van der Waals surface area contributed by atoms with Crippen molar-refractivity contribution in [2.75, 3.05) is 23.3 Å². The van der Waals surface area contributed by atoms with Gasteiger partial charge in [0.1, 0.15) is 11.0 Å². The number of piperidine rings is 1. The molecule has 2 heterocycles. The SMILES string of the molecule is Cc1cc2nn(-c3ccc(C(C)C)cc3)nc2cc1NC(=O)c1cc([N+](=O)[O-])ccc1N1CCC(C)CC1. The van der Waals surface area contributed by atoms with Crippen LogP contribution in [0.15, 0.2) is 54.6 Å². The number of rotatable bonds is 6. The number of carbonyl (C=O) groups is 1. The third-order valence-electron chi connectivity index (χ3n) is 7.33. The predicted molar refractivity (Wildman–Crippen MR) is 149 cm³/mol. The summed E-state index contributed by atoms with van der Waals surface area (Å²) in [6.07, 6.45) is 2.04. The average Bonchev–Trinajstić information content (AvgIpc) is 3.31. The highest BCUT2D eigenvalue weighted by Crippen LogP contribution is 2.31. The van der Waals surface area contributed by atoms with E-state index >= 15 is 0 Å². The van der Waals surface area contributed by atoms with Crippen molar-refractivity contribution in [2.24, 2.45) is 5.92 Å². The van der Waals surface area contributed by atoms with Gasteiger partial charge in [0.25, 0.3) is 11.6 Å². The molecule has 1 amide bonds. The number of anilines is 2. The summed E-state index contributed by atoms with van der Waals surface area (Å²) in [5.74, 6) is 0.673. The molecule has 9 heteroatoms. The van der Waals surface area contributed by atoms with E-state index in [1.165, 1.54) is 17.7 Å². The first-order valence-corrected chi connectivity index (χ1v) is 13.0. The van der Waals surface area contributed by atoms with Crippen LogP contribution in [0.1, 0.15) is 61.0 Å². The number of carbonyl (C=O) groups excluding carboxylic acids is 1. The molecule has 1 aliphatic rings. The Hall–Kier alpha value is -4.27. The van der Waals surface area contributed by atoms with Crippen LogP contribution in [0.2, 0.25) is 0 Å². The molecule has 5 rings (SSSR count). The second kappa shape index (κ2) is 10.2. The fourth-order valence-corrected chi connectivity index (χ4v) is 4.84. The first-order valence-electron chi connectivity index (χ1n) is 13.0. The van der Waals surface area contributed by atoms with Crippen molar-refractivity contribution in [3.63, 3.8) is 0 Å². The van der Waals surface area contributed by atoms with Gasteiger partial charge in [-0.25, -0.2) is 0 Å². The van der Waals surface area contributed by atoms with Gasteiger partial charge >= 0.3 is 0 Å². The minimum atomic E-state index is -0.470. The number of aryl methyl sites for hydroxylation is 1. The van der Waals surface area contributed by atoms with Crippen LogP contribution in [0.4, 0.5) is 17.1 Å². The molecule has 0 radical (unpaired) electrons. The maximum atomic E-state index is 13.5. The lowest BCUT2D eigenvalue weighted by atomic mass is 9.97. The highest BCUT2D eigenvalue weighted by atomic mass is 16.6. The summed E-state index contributed by atoms with van der Waals surface area (Å²) < 4.78 is 0. The van der Waals surface area contributed by atoms with E-state index in [0.717, 1.165) is 42.9 Å². The van der Waals surface area contributed by atoms with Crippen molar-refractivity contribution >= 4 is 34.0 Å². The summed E-state index contributed by atoms with van der Waals surface area (Å²) in [5.41, 5.74) is 5.77. The number of hydrogen-bond donors (Lipinski definition) is 1. The van der Waals surface area contributed by atoms with Gasteiger partial charge in [0, 0.05) is 30.9 Å². The summed E-state index contributed by atoms with van der Waals surface area (Å²) >= 11 is 0. The van der Waals surface area contributed by atoms with Crippen molar-refractivity contribution in [1.29, 1.82) is 0 Å². The molecule has 1 saturated heterocycles. The largest absolute Gasteiger partial charge is 0.371 e. The van der Waals surface area contributed by atoms with E-state index in [2.05, 4.69) is 53.3 Å². The minimum absolute atomic E-state index is 0.108. The van der Waals surface area contributed by atoms with E-state index in [0.29, 0.717) is 34.1 Å². The molecule has 1 N–H and O–H groups in total. The molecule has 0 aliphatic carbocycles. The Kier molecular flexibility index (Phi) is 6.84. The van der Waals surface area contributed by atoms with Crippen LogP contribution >= 0.6 is 0 Å². The second-order valence-corrected chi connectivity index (χ2v) is 10.5. The lowest BCUT2D eigenvalue weighted by molar-refractivity contribution is -0.384. The number of nitrogens with zero attached hydrogens (tertiary/aromatic N) is 5. The molecule has 0 saturated carbocycles. The quantitative estimate of drug-likeness (QED) is 0.242. The fraction of sp³-hybridized carbons (Fsp3) is 0.345. The zero-order valence-corrected chi connectivity index (χ0v) is 22.1. The molecule has 9 nitrogen and oxygen atoms in total. The average molecular weight is 513 g/mol. The maximum Gasteiger partial charge on any atom is 0.270 e. The van der Waals surface area contributed by atoms with E-state index in [4.69, 9.17) is 0 Å². The molecule has 0 atom stereocenters. The van der Waals surface area contributed by atoms with Crippen LogP contribution in [-0.4, -0.2) is 38.9 Å². The predicted octanol–water partition coefficient (Wildman–Crippen LogP) is 6.25. The molecule has 38 heavy (non-hydrogen) atoms. The number of non-ortho nitro benzene ring substituents is 1. The van der Waals surface area contributed by atoms with Gasteiger partial charge in [-0.2, -0.15) is 4.80 Å². The van der Waals surface area contributed by atoms with Gasteiger partial charge in [-0.05, 0) is 73.1 Å². The van der Waals surface area contributed by atoms with Crippen LogP contribution in [-0.2, 0) is 0 Å². The highest BCUT2D eigenvalue weighted by Gasteiger charge is 2.24. The van der Waals surface area contributed by atoms with Gasteiger partial charge in [-0.3, -0.25) is 14.9 Å². The number of benzene rings is 3. The number of aromatic nitrogens is 3. The number of nitro groups is 1. The Morgan fingerprint density at radius 1 is 1.03 bits per heavy atom. The van der Waals surface area contributed by atoms with Gasteiger partial charge in [0.15, 0.2) is 0 Å². The third kappa shape index (κ3) is 5.09. The Balaban J connectivity index is 1.45. The molecule has 3 aromatic carbocycles.